The summed E-state index contributed by atoms with van der Waals surface area (Å²) in [5, 5.41) is 0.553. The summed E-state index contributed by atoms with van der Waals surface area (Å²) < 4.78 is 28.5. The van der Waals surface area contributed by atoms with Gasteiger partial charge in [0.1, 0.15) is 28.5 Å². The normalized spacial score (nSPS) is 19.4. The fourth-order valence-corrected chi connectivity index (χ4v) is 7.60. The highest BCUT2D eigenvalue weighted by molar-refractivity contribution is 7.20. The minimum atomic E-state index is -1.32. The van der Waals surface area contributed by atoms with E-state index in [9.17, 15) is 14.4 Å². The van der Waals surface area contributed by atoms with Crippen LogP contribution >= 0.6 is 11.3 Å². The lowest BCUT2D eigenvalue weighted by molar-refractivity contribution is -0.129. The van der Waals surface area contributed by atoms with E-state index in [1.54, 1.807) is 18.2 Å². The van der Waals surface area contributed by atoms with Crippen molar-refractivity contribution in [1.29, 1.82) is 0 Å². The minimum absolute atomic E-state index is 0.0603. The maximum absolute atomic E-state index is 14.7. The van der Waals surface area contributed by atoms with E-state index in [0.29, 0.717) is 40.3 Å². The number of likely N-dealkylation sites (tertiary alicyclic amines) is 1. The molecule has 5 heterocycles. The van der Waals surface area contributed by atoms with Gasteiger partial charge in [-0.2, -0.15) is 0 Å². The number of para-hydroxylation sites is 1. The number of benzene rings is 1. The molecule has 0 saturated carbocycles. The molecule has 2 saturated heterocycles. The predicted octanol–water partition coefficient (Wildman–Crippen LogP) is 5.03. The van der Waals surface area contributed by atoms with Gasteiger partial charge < -0.3 is 28.3 Å². The number of carbonyl (C=O) groups excluding carboxylic acids is 3. The monoisotopic (exact) mass is 609 g/mol. The van der Waals surface area contributed by atoms with Crippen LogP contribution in [0.5, 0.6) is 5.75 Å². The van der Waals surface area contributed by atoms with Crippen LogP contribution in [0.1, 0.15) is 53.3 Å². The summed E-state index contributed by atoms with van der Waals surface area (Å²) in [6.45, 7) is 3.72. The van der Waals surface area contributed by atoms with E-state index in [1.165, 1.54) is 29.6 Å². The molecule has 3 aliphatic rings. The quantitative estimate of drug-likeness (QED) is 0.340. The van der Waals surface area contributed by atoms with Crippen LogP contribution < -0.4 is 9.64 Å². The average molecular weight is 610 g/mol. The summed E-state index contributed by atoms with van der Waals surface area (Å²) in [6.07, 6.45) is 3.84. The van der Waals surface area contributed by atoms with Gasteiger partial charge in [0.2, 0.25) is 11.8 Å². The number of thiophene rings is 1. The Morgan fingerprint density at radius 3 is 2.58 bits per heavy atom. The number of nitrogens with zero attached hydrogens (tertiary/aromatic N) is 3. The molecule has 1 atom stereocenters. The molecule has 228 valence electrons. The van der Waals surface area contributed by atoms with Gasteiger partial charge >= 0.3 is 6.09 Å². The van der Waals surface area contributed by atoms with E-state index in [0.717, 1.165) is 24.0 Å². The van der Waals surface area contributed by atoms with E-state index >= 15 is 0 Å². The van der Waals surface area contributed by atoms with Crippen molar-refractivity contribution in [2.75, 3.05) is 52.0 Å². The Hall–Kier alpha value is -3.74. The van der Waals surface area contributed by atoms with E-state index in [2.05, 4.69) is 4.98 Å². The Kier molecular flexibility index (Phi) is 8.25. The second kappa shape index (κ2) is 12.1. The number of rotatable bonds is 7. The molecule has 2 aromatic heterocycles. The number of Topliss-reactive ketones (excluding diaryl/α,β-unsaturated/α-hetero) is 1. The highest BCUT2D eigenvalue weighted by atomic mass is 32.1. The van der Waals surface area contributed by atoms with Crippen molar-refractivity contribution < 1.29 is 37.7 Å². The van der Waals surface area contributed by atoms with Crippen LogP contribution in [0, 0.1) is 12.3 Å². The lowest BCUT2D eigenvalue weighted by atomic mass is 9.69. The number of oxazole rings is 1. The molecule has 3 aliphatic heterocycles. The van der Waals surface area contributed by atoms with E-state index in [-0.39, 0.29) is 50.3 Å². The number of anilines is 1. The molecule has 1 spiro atoms. The molecule has 2 fully saturated rings. The van der Waals surface area contributed by atoms with E-state index < -0.39 is 17.6 Å². The van der Waals surface area contributed by atoms with E-state index in [1.807, 2.05) is 31.2 Å². The van der Waals surface area contributed by atoms with Crippen LogP contribution in [0.4, 0.5) is 9.80 Å². The van der Waals surface area contributed by atoms with Crippen molar-refractivity contribution in [2.24, 2.45) is 5.41 Å². The van der Waals surface area contributed by atoms with Gasteiger partial charge in [0.15, 0.2) is 5.78 Å². The van der Waals surface area contributed by atoms with Crippen molar-refractivity contribution in [1.82, 2.24) is 9.88 Å². The molecule has 1 aromatic carbocycles. The first-order valence-electron chi connectivity index (χ1n) is 14.5. The molecule has 0 radical (unpaired) electrons. The van der Waals surface area contributed by atoms with Crippen LogP contribution in [0.25, 0.3) is 10.8 Å². The van der Waals surface area contributed by atoms with Gasteiger partial charge in [-0.25, -0.2) is 9.78 Å². The number of hydrogen-bond acceptors (Lipinski definition) is 10. The highest BCUT2D eigenvalue weighted by Gasteiger charge is 2.56. The maximum atomic E-state index is 14.7. The smallest absolute Gasteiger partial charge is 0.409 e. The second-order valence-corrected chi connectivity index (χ2v) is 12.0. The summed E-state index contributed by atoms with van der Waals surface area (Å²) in [5.74, 6) is 0.542. The average Bonchev–Trinajstić information content (AvgIpc) is 3.70. The van der Waals surface area contributed by atoms with Gasteiger partial charge in [-0.15, -0.1) is 11.3 Å². The molecule has 3 aromatic rings. The molecule has 1 unspecified atom stereocenters. The first-order chi connectivity index (χ1) is 20.9. The van der Waals surface area contributed by atoms with Crippen LogP contribution in [0.15, 0.2) is 41.1 Å². The number of carbonyl (C=O) groups is 3. The van der Waals surface area contributed by atoms with E-state index in [4.69, 9.17) is 23.4 Å². The number of ether oxygens (including phenoxy) is 4. The number of ketones is 1. The zero-order valence-electron chi connectivity index (χ0n) is 24.5. The summed E-state index contributed by atoms with van der Waals surface area (Å²) in [5.41, 5.74) is 0.716. The Balaban J connectivity index is 1.44. The standard InChI is InChI=1S/C31H35N3O8S/c1-19-24-26(35)31(10-13-33(14-11-31)30(37)39-3)29(36)34(28(24)43-25(19)27-32-12-17-41-27)18-23(42-20-8-15-40-16-9-20)21-6-4-5-7-22(21)38-2/h4-7,12,17,20,23H,8-11,13-16,18H2,1-3H3. The zero-order chi connectivity index (χ0) is 30.1. The lowest BCUT2D eigenvalue weighted by Gasteiger charge is -2.45. The molecular formula is C31H35N3O8S. The first kappa shape index (κ1) is 29.3. The van der Waals surface area contributed by atoms with Gasteiger partial charge in [-0.05, 0) is 44.2 Å². The molecule has 12 heteroatoms. The van der Waals surface area contributed by atoms with Crippen LogP contribution in [0.2, 0.25) is 0 Å². The maximum Gasteiger partial charge on any atom is 0.409 e. The predicted molar refractivity (Wildman–Crippen MR) is 158 cm³/mol. The van der Waals surface area contributed by atoms with Crippen LogP contribution in [0.3, 0.4) is 0 Å². The van der Waals surface area contributed by atoms with Gasteiger partial charge in [-0.1, -0.05) is 18.2 Å². The van der Waals surface area contributed by atoms with Crippen molar-refractivity contribution in [3.8, 4) is 16.5 Å². The Labute approximate surface area is 253 Å². The molecule has 6 rings (SSSR count). The van der Waals surface area contributed by atoms with Crippen molar-refractivity contribution >= 4 is 34.1 Å². The lowest BCUT2D eigenvalue weighted by Crippen LogP contribution is -2.58. The molecule has 11 nitrogen and oxygen atoms in total. The van der Waals surface area contributed by atoms with Crippen LogP contribution in [-0.4, -0.2) is 80.8 Å². The highest BCUT2D eigenvalue weighted by Crippen LogP contribution is 2.52. The van der Waals surface area contributed by atoms with Crippen molar-refractivity contribution in [2.45, 2.75) is 44.8 Å². The Bertz CT molecular complexity index is 1490. The largest absolute Gasteiger partial charge is 0.496 e. The molecular weight excluding hydrogens is 574 g/mol. The first-order valence-corrected chi connectivity index (χ1v) is 15.3. The summed E-state index contributed by atoms with van der Waals surface area (Å²) in [6, 6.07) is 7.64. The SMILES string of the molecule is COC(=O)N1CCC2(CC1)C(=O)c1c(sc(-c3ncco3)c1C)N(CC(OC1CCOCC1)c1ccccc1OC)C2=O. The van der Waals surface area contributed by atoms with Gasteiger partial charge in [0.05, 0.1) is 43.5 Å². The number of fused-ring (bicyclic) bond motifs is 1. The number of amides is 2. The third-order valence-electron chi connectivity index (χ3n) is 8.73. The number of methoxy groups -OCH3 is 2. The number of hydrogen-bond donors (Lipinski definition) is 0. The minimum Gasteiger partial charge on any atom is -0.496 e. The number of aromatic nitrogens is 1. The zero-order valence-corrected chi connectivity index (χ0v) is 25.3. The Morgan fingerprint density at radius 2 is 1.91 bits per heavy atom. The van der Waals surface area contributed by atoms with Crippen LogP contribution in [-0.2, 0) is 19.0 Å². The molecule has 0 N–H and O–H groups in total. The van der Waals surface area contributed by atoms with Crippen molar-refractivity contribution in [3.05, 3.63) is 53.4 Å². The third kappa shape index (κ3) is 5.21. The second-order valence-electron chi connectivity index (χ2n) is 11.0. The fraction of sp³-hybridized carbons (Fsp3) is 0.484. The fourth-order valence-electron chi connectivity index (χ4n) is 6.35. The molecule has 0 bridgehead atoms. The van der Waals surface area contributed by atoms with Gasteiger partial charge in [-0.3, -0.25) is 14.5 Å². The summed E-state index contributed by atoms with van der Waals surface area (Å²) >= 11 is 1.32. The molecule has 43 heavy (non-hydrogen) atoms. The summed E-state index contributed by atoms with van der Waals surface area (Å²) in [7, 11) is 2.94. The Morgan fingerprint density at radius 1 is 1.16 bits per heavy atom. The molecule has 0 aliphatic carbocycles. The third-order valence-corrected chi connectivity index (χ3v) is 10.0. The molecule has 2 amide bonds. The van der Waals surface area contributed by atoms with Gasteiger partial charge in [0.25, 0.3) is 0 Å². The number of piperidine rings is 1. The van der Waals surface area contributed by atoms with Gasteiger partial charge in [0, 0.05) is 31.9 Å². The summed E-state index contributed by atoms with van der Waals surface area (Å²) in [4.78, 5) is 49.6. The topological polar surface area (TPSA) is 121 Å². The van der Waals surface area contributed by atoms with Crippen molar-refractivity contribution in [3.63, 3.8) is 0 Å².